The summed E-state index contributed by atoms with van der Waals surface area (Å²) in [5.74, 6) is -0.427. The smallest absolute Gasteiger partial charge is 0.227 e. The number of aliphatic hydroxyl groups is 1. The number of halogens is 2. The number of aromatic nitrogens is 2. The van der Waals surface area contributed by atoms with Crippen molar-refractivity contribution in [2.75, 3.05) is 26.3 Å². The number of para-hydroxylation sites is 1. The van der Waals surface area contributed by atoms with Crippen LogP contribution < -0.4 is 4.74 Å². The SMILES string of the molecule is CCCCOC[C@@H](O)CN(CCC)Cc1c(C)nn(-c2ccc(F)cc2)c1Oc1ccccc1F. The molecule has 1 heterocycles. The number of aliphatic hydroxyl groups excluding tert-OH is 1. The Hall–Kier alpha value is -2.81. The molecular weight excluding hydrogens is 452 g/mol. The molecule has 6 nitrogen and oxygen atoms in total. The monoisotopic (exact) mass is 487 g/mol. The van der Waals surface area contributed by atoms with Crippen LogP contribution in [0.3, 0.4) is 0 Å². The highest BCUT2D eigenvalue weighted by Crippen LogP contribution is 2.33. The van der Waals surface area contributed by atoms with Gasteiger partial charge in [-0.25, -0.2) is 13.5 Å². The number of benzene rings is 2. The molecule has 3 aromatic rings. The Bertz CT molecular complexity index is 1060. The molecule has 35 heavy (non-hydrogen) atoms. The third-order valence-electron chi connectivity index (χ3n) is 5.59. The first-order valence-corrected chi connectivity index (χ1v) is 12.2. The van der Waals surface area contributed by atoms with E-state index in [4.69, 9.17) is 9.47 Å². The average molecular weight is 488 g/mol. The largest absolute Gasteiger partial charge is 0.435 e. The molecule has 0 amide bonds. The van der Waals surface area contributed by atoms with E-state index in [0.29, 0.717) is 37.0 Å². The summed E-state index contributed by atoms with van der Waals surface area (Å²) in [7, 11) is 0. The van der Waals surface area contributed by atoms with Crippen molar-refractivity contribution in [1.82, 2.24) is 14.7 Å². The minimum Gasteiger partial charge on any atom is -0.435 e. The highest BCUT2D eigenvalue weighted by molar-refractivity contribution is 5.43. The van der Waals surface area contributed by atoms with Gasteiger partial charge >= 0.3 is 0 Å². The van der Waals surface area contributed by atoms with Crippen molar-refractivity contribution >= 4 is 0 Å². The number of aryl methyl sites for hydroxylation is 1. The molecule has 0 saturated heterocycles. The van der Waals surface area contributed by atoms with E-state index in [1.165, 1.54) is 18.2 Å². The molecule has 0 aliphatic heterocycles. The average Bonchev–Trinajstić information content (AvgIpc) is 3.13. The van der Waals surface area contributed by atoms with Gasteiger partial charge in [0, 0.05) is 19.7 Å². The molecule has 0 aliphatic carbocycles. The Morgan fingerprint density at radius 2 is 1.80 bits per heavy atom. The Balaban J connectivity index is 1.90. The number of hydrogen-bond donors (Lipinski definition) is 1. The molecule has 8 heteroatoms. The Morgan fingerprint density at radius 3 is 2.49 bits per heavy atom. The van der Waals surface area contributed by atoms with E-state index in [0.717, 1.165) is 31.4 Å². The fraction of sp³-hybridized carbons (Fsp3) is 0.444. The topological polar surface area (TPSA) is 59.8 Å². The Kier molecular flexibility index (Phi) is 10.2. The summed E-state index contributed by atoms with van der Waals surface area (Å²) in [5, 5.41) is 15.2. The molecule has 0 bridgehead atoms. The van der Waals surface area contributed by atoms with Crippen molar-refractivity contribution in [3.8, 4) is 17.3 Å². The van der Waals surface area contributed by atoms with Crippen LogP contribution in [0.25, 0.3) is 5.69 Å². The van der Waals surface area contributed by atoms with E-state index in [9.17, 15) is 13.9 Å². The predicted molar refractivity (Wildman–Crippen MR) is 132 cm³/mol. The first-order valence-electron chi connectivity index (χ1n) is 12.2. The van der Waals surface area contributed by atoms with Crippen molar-refractivity contribution in [2.24, 2.45) is 0 Å². The van der Waals surface area contributed by atoms with Crippen LogP contribution in [0.4, 0.5) is 8.78 Å². The zero-order chi connectivity index (χ0) is 25.2. The van der Waals surface area contributed by atoms with Crippen LogP contribution in [0.1, 0.15) is 44.4 Å². The number of ether oxygens (including phenoxy) is 2. The van der Waals surface area contributed by atoms with Crippen LogP contribution in [0.5, 0.6) is 11.6 Å². The minimum atomic E-state index is -0.637. The molecule has 0 radical (unpaired) electrons. The lowest BCUT2D eigenvalue weighted by atomic mass is 10.2. The van der Waals surface area contributed by atoms with Crippen molar-refractivity contribution < 1.29 is 23.4 Å². The molecule has 0 fully saturated rings. The summed E-state index contributed by atoms with van der Waals surface area (Å²) in [6.07, 6.45) is 2.25. The Morgan fingerprint density at radius 1 is 1.06 bits per heavy atom. The van der Waals surface area contributed by atoms with Crippen LogP contribution in [0, 0.1) is 18.6 Å². The molecule has 0 spiro atoms. The van der Waals surface area contributed by atoms with Crippen LogP contribution in [0.2, 0.25) is 0 Å². The van der Waals surface area contributed by atoms with Gasteiger partial charge in [-0.1, -0.05) is 32.4 Å². The number of unbranched alkanes of at least 4 members (excludes halogenated alkanes) is 1. The third kappa shape index (κ3) is 7.59. The maximum atomic E-state index is 14.5. The van der Waals surface area contributed by atoms with Gasteiger partial charge in [-0.3, -0.25) is 4.90 Å². The van der Waals surface area contributed by atoms with Crippen molar-refractivity contribution in [1.29, 1.82) is 0 Å². The standard InChI is InChI=1S/C27H35F2N3O3/c1-4-6-16-34-19-23(33)17-31(15-5-2)18-24-20(3)30-32(22-13-11-21(28)12-14-22)27(24)35-26-10-8-7-9-25(26)29/h7-14,23,33H,4-6,15-19H2,1-3H3/t23-/m0/s1. The van der Waals surface area contributed by atoms with Gasteiger partial charge in [0.25, 0.3) is 0 Å². The maximum Gasteiger partial charge on any atom is 0.227 e. The van der Waals surface area contributed by atoms with Crippen LogP contribution in [-0.2, 0) is 11.3 Å². The molecular formula is C27H35F2N3O3. The van der Waals surface area contributed by atoms with Gasteiger partial charge in [0.15, 0.2) is 11.6 Å². The fourth-order valence-corrected chi connectivity index (χ4v) is 3.81. The highest BCUT2D eigenvalue weighted by Gasteiger charge is 2.23. The normalized spacial score (nSPS) is 12.3. The molecule has 1 N–H and O–H groups in total. The van der Waals surface area contributed by atoms with Gasteiger partial charge in [0.2, 0.25) is 5.88 Å². The third-order valence-corrected chi connectivity index (χ3v) is 5.59. The second kappa shape index (κ2) is 13.3. The molecule has 0 unspecified atom stereocenters. The first kappa shape index (κ1) is 26.8. The summed E-state index contributed by atoms with van der Waals surface area (Å²) in [6, 6.07) is 12.1. The van der Waals surface area contributed by atoms with Gasteiger partial charge < -0.3 is 14.6 Å². The predicted octanol–water partition coefficient (Wildman–Crippen LogP) is 5.64. The van der Waals surface area contributed by atoms with E-state index >= 15 is 0 Å². The number of nitrogens with zero attached hydrogens (tertiary/aromatic N) is 3. The first-order chi connectivity index (χ1) is 16.9. The summed E-state index contributed by atoms with van der Waals surface area (Å²) < 4.78 is 41.2. The van der Waals surface area contributed by atoms with Gasteiger partial charge in [0.1, 0.15) is 5.82 Å². The van der Waals surface area contributed by atoms with Crippen molar-refractivity contribution in [3.63, 3.8) is 0 Å². The zero-order valence-corrected chi connectivity index (χ0v) is 20.7. The van der Waals surface area contributed by atoms with Gasteiger partial charge in [-0.05, 0) is 62.7 Å². The van der Waals surface area contributed by atoms with Crippen molar-refractivity contribution in [2.45, 2.75) is 52.7 Å². The minimum absolute atomic E-state index is 0.0726. The quantitative estimate of drug-likeness (QED) is 0.298. The Labute approximate surface area is 206 Å². The summed E-state index contributed by atoms with van der Waals surface area (Å²) in [6.45, 7) is 8.53. The summed E-state index contributed by atoms with van der Waals surface area (Å²) in [4.78, 5) is 2.11. The lowest BCUT2D eigenvalue weighted by Gasteiger charge is -2.25. The number of rotatable bonds is 14. The zero-order valence-electron chi connectivity index (χ0n) is 20.7. The second-order valence-corrected chi connectivity index (χ2v) is 8.61. The molecule has 3 rings (SSSR count). The van der Waals surface area contributed by atoms with E-state index in [-0.39, 0.29) is 18.2 Å². The van der Waals surface area contributed by atoms with Gasteiger partial charge in [-0.15, -0.1) is 0 Å². The summed E-state index contributed by atoms with van der Waals surface area (Å²) >= 11 is 0. The van der Waals surface area contributed by atoms with E-state index in [1.54, 1.807) is 35.0 Å². The molecule has 0 aliphatic rings. The molecule has 190 valence electrons. The summed E-state index contributed by atoms with van der Waals surface area (Å²) in [5.41, 5.74) is 2.07. The lowest BCUT2D eigenvalue weighted by Crippen LogP contribution is -2.35. The maximum absolute atomic E-state index is 14.5. The molecule has 1 atom stereocenters. The molecule has 0 saturated carbocycles. The molecule has 1 aromatic heterocycles. The van der Waals surface area contributed by atoms with Gasteiger partial charge in [0.05, 0.1) is 29.7 Å². The van der Waals surface area contributed by atoms with Gasteiger partial charge in [-0.2, -0.15) is 5.10 Å². The lowest BCUT2D eigenvalue weighted by molar-refractivity contribution is 0.0143. The van der Waals surface area contributed by atoms with Crippen LogP contribution in [-0.4, -0.2) is 52.2 Å². The second-order valence-electron chi connectivity index (χ2n) is 8.61. The number of hydrogen-bond acceptors (Lipinski definition) is 5. The molecule has 2 aromatic carbocycles. The van der Waals surface area contributed by atoms with E-state index in [2.05, 4.69) is 23.8 Å². The highest BCUT2D eigenvalue weighted by atomic mass is 19.1. The van der Waals surface area contributed by atoms with E-state index in [1.807, 2.05) is 6.92 Å². The van der Waals surface area contributed by atoms with Crippen molar-refractivity contribution in [3.05, 3.63) is 71.4 Å². The van der Waals surface area contributed by atoms with E-state index < -0.39 is 11.9 Å². The fourth-order valence-electron chi connectivity index (χ4n) is 3.81. The van der Waals surface area contributed by atoms with Crippen LogP contribution >= 0.6 is 0 Å². The van der Waals surface area contributed by atoms with Crippen LogP contribution in [0.15, 0.2) is 48.5 Å².